The zero-order valence-electron chi connectivity index (χ0n) is 27.2. The van der Waals surface area contributed by atoms with Crippen LogP contribution in [0.5, 0.6) is 0 Å². The Bertz CT molecular complexity index is 2890. The molecule has 0 atom stereocenters. The fourth-order valence-corrected chi connectivity index (χ4v) is 7.76. The largest absolute Gasteiger partial charge is 0.456 e. The van der Waals surface area contributed by atoms with Crippen LogP contribution in [-0.4, -0.2) is 0 Å². The van der Waals surface area contributed by atoms with E-state index in [-0.39, 0.29) is 0 Å². The van der Waals surface area contributed by atoms with E-state index in [1.165, 1.54) is 16.3 Å². The van der Waals surface area contributed by atoms with Crippen molar-refractivity contribution in [2.24, 2.45) is 0 Å². The number of hydrogen-bond donors (Lipinski definition) is 0. The molecule has 0 radical (unpaired) electrons. The van der Waals surface area contributed by atoms with Crippen LogP contribution < -0.4 is 0 Å². The molecule has 9 rings (SSSR count). The minimum Gasteiger partial charge on any atom is -0.456 e. The van der Waals surface area contributed by atoms with Gasteiger partial charge in [0.1, 0.15) is 22.3 Å². The molecule has 0 aliphatic carbocycles. The summed E-state index contributed by atoms with van der Waals surface area (Å²) in [5.41, 5.74) is 12.2. The zero-order valence-corrected chi connectivity index (χ0v) is 27.2. The van der Waals surface area contributed by atoms with Crippen LogP contribution in [0, 0.1) is 6.92 Å². The highest BCUT2D eigenvalue weighted by molar-refractivity contribution is 6.20. The standard InChI is InChI=1S/C47H32O2/c1-5-8-14-34-28(4)18-24-40-46(34)38-22-19-30(26-42(38)48-40)44-32(6-2)33(7-3)45(37-17-12-11-16-36(37)44)31-20-23-39-43(27-31)49-41-25-21-29-13-9-10-15-35(29)47(39)41/h5-27H,1-3H2,4H3/b14-8-. The van der Waals surface area contributed by atoms with Gasteiger partial charge >= 0.3 is 0 Å². The highest BCUT2D eigenvalue weighted by Gasteiger charge is 2.21. The molecule has 49 heavy (non-hydrogen) atoms. The molecule has 0 amide bonds. The summed E-state index contributed by atoms with van der Waals surface area (Å²) in [6.07, 6.45) is 9.80. The fraction of sp³-hybridized carbons (Fsp3) is 0.0213. The van der Waals surface area contributed by atoms with Gasteiger partial charge in [0.05, 0.1) is 0 Å². The van der Waals surface area contributed by atoms with Crippen LogP contribution in [0.3, 0.4) is 0 Å². The molecule has 2 nitrogen and oxygen atoms in total. The Morgan fingerprint density at radius 2 is 1.04 bits per heavy atom. The molecule has 7 aromatic carbocycles. The Balaban J connectivity index is 1.29. The van der Waals surface area contributed by atoms with Crippen molar-refractivity contribution in [2.45, 2.75) is 6.92 Å². The normalized spacial score (nSPS) is 11.9. The Kier molecular flexibility index (Phi) is 6.53. The summed E-state index contributed by atoms with van der Waals surface area (Å²) in [7, 11) is 0. The van der Waals surface area contributed by atoms with E-state index in [2.05, 4.69) is 142 Å². The lowest BCUT2D eigenvalue weighted by atomic mass is 9.83. The Morgan fingerprint density at radius 1 is 0.490 bits per heavy atom. The Morgan fingerprint density at radius 3 is 1.65 bits per heavy atom. The van der Waals surface area contributed by atoms with Gasteiger partial charge in [0.25, 0.3) is 0 Å². The molecule has 0 saturated heterocycles. The number of benzene rings is 7. The van der Waals surface area contributed by atoms with Gasteiger partial charge in [-0.15, -0.1) is 0 Å². The summed E-state index contributed by atoms with van der Waals surface area (Å²) in [5, 5.41) is 9.13. The smallest absolute Gasteiger partial charge is 0.136 e. The van der Waals surface area contributed by atoms with Crippen LogP contribution in [0.1, 0.15) is 22.3 Å². The predicted molar refractivity (Wildman–Crippen MR) is 211 cm³/mol. The number of rotatable bonds is 6. The molecule has 0 bridgehead atoms. The predicted octanol–water partition coefficient (Wildman–Crippen LogP) is 13.9. The highest BCUT2D eigenvalue weighted by Crippen LogP contribution is 2.46. The molecule has 0 saturated carbocycles. The molecular weight excluding hydrogens is 597 g/mol. The maximum absolute atomic E-state index is 6.50. The lowest BCUT2D eigenvalue weighted by molar-refractivity contribution is 0.668. The average Bonchev–Trinajstić information content (AvgIpc) is 3.71. The minimum atomic E-state index is 0.845. The van der Waals surface area contributed by atoms with E-state index < -0.39 is 0 Å². The van der Waals surface area contributed by atoms with Crippen LogP contribution in [0.25, 0.3) is 106 Å². The van der Waals surface area contributed by atoms with Crippen molar-refractivity contribution in [2.75, 3.05) is 0 Å². The van der Waals surface area contributed by atoms with Crippen LogP contribution >= 0.6 is 0 Å². The lowest BCUT2D eigenvalue weighted by Gasteiger charge is -2.20. The molecule has 2 heterocycles. The summed E-state index contributed by atoms with van der Waals surface area (Å²) in [4.78, 5) is 0. The van der Waals surface area contributed by atoms with Crippen molar-refractivity contribution in [1.29, 1.82) is 0 Å². The van der Waals surface area contributed by atoms with Crippen molar-refractivity contribution in [1.82, 2.24) is 0 Å². The summed E-state index contributed by atoms with van der Waals surface area (Å²) < 4.78 is 13.0. The van der Waals surface area contributed by atoms with Gasteiger partial charge in [-0.2, -0.15) is 0 Å². The van der Waals surface area contributed by atoms with E-state index >= 15 is 0 Å². The van der Waals surface area contributed by atoms with Crippen molar-refractivity contribution < 1.29 is 8.83 Å². The van der Waals surface area contributed by atoms with Gasteiger partial charge < -0.3 is 8.83 Å². The number of fused-ring (bicyclic) bond motifs is 9. The van der Waals surface area contributed by atoms with Gasteiger partial charge in [0, 0.05) is 21.5 Å². The highest BCUT2D eigenvalue weighted by atomic mass is 16.3. The molecule has 0 aliphatic rings. The van der Waals surface area contributed by atoms with Gasteiger partial charge in [0.15, 0.2) is 0 Å². The molecule has 0 unspecified atom stereocenters. The first-order valence-electron chi connectivity index (χ1n) is 16.5. The van der Waals surface area contributed by atoms with E-state index in [0.29, 0.717) is 0 Å². The summed E-state index contributed by atoms with van der Waals surface area (Å²) in [6, 6.07) is 38.6. The number of aryl methyl sites for hydroxylation is 1. The second-order valence-corrected chi connectivity index (χ2v) is 12.6. The van der Waals surface area contributed by atoms with E-state index in [1.54, 1.807) is 6.08 Å². The minimum absolute atomic E-state index is 0.845. The molecule has 9 aromatic rings. The number of allylic oxidation sites excluding steroid dienone is 2. The third kappa shape index (κ3) is 4.28. The van der Waals surface area contributed by atoms with Crippen molar-refractivity contribution >= 4 is 83.6 Å². The van der Waals surface area contributed by atoms with Gasteiger partial charge in [-0.25, -0.2) is 0 Å². The maximum atomic E-state index is 6.50. The van der Waals surface area contributed by atoms with Crippen molar-refractivity contribution in [3.8, 4) is 22.3 Å². The van der Waals surface area contributed by atoms with Gasteiger partial charge in [-0.3, -0.25) is 0 Å². The Hall–Kier alpha value is -6.38. The first-order chi connectivity index (χ1) is 24.1. The topological polar surface area (TPSA) is 26.3 Å². The van der Waals surface area contributed by atoms with Crippen LogP contribution in [0.2, 0.25) is 0 Å². The Labute approximate surface area is 284 Å². The van der Waals surface area contributed by atoms with E-state index in [9.17, 15) is 0 Å². The third-order valence-corrected chi connectivity index (χ3v) is 9.94. The van der Waals surface area contributed by atoms with Crippen molar-refractivity contribution in [3.63, 3.8) is 0 Å². The lowest BCUT2D eigenvalue weighted by Crippen LogP contribution is -1.96. The van der Waals surface area contributed by atoms with Crippen LogP contribution in [0.4, 0.5) is 0 Å². The summed E-state index contributed by atoms with van der Waals surface area (Å²) in [5.74, 6) is 0. The third-order valence-electron chi connectivity index (χ3n) is 9.94. The van der Waals surface area contributed by atoms with E-state index in [1.807, 2.05) is 18.2 Å². The number of hydrogen-bond acceptors (Lipinski definition) is 2. The first kappa shape index (κ1) is 28.8. The van der Waals surface area contributed by atoms with E-state index in [4.69, 9.17) is 8.83 Å². The molecule has 0 spiro atoms. The van der Waals surface area contributed by atoms with Crippen molar-refractivity contribution in [3.05, 3.63) is 163 Å². The van der Waals surface area contributed by atoms with Gasteiger partial charge in [-0.1, -0.05) is 123 Å². The zero-order chi connectivity index (χ0) is 33.2. The molecule has 0 aliphatic heterocycles. The second kappa shape index (κ2) is 11.1. The molecular formula is C47H32O2. The van der Waals surface area contributed by atoms with Gasteiger partial charge in [-0.05, 0) is 109 Å². The SMILES string of the molecule is C=C/C=C\c1c(C)ccc2oc3cc(-c4c(C=C)c(C=C)c(-c5ccc6c(c5)oc5ccc7ccccc7c56)c5ccccc45)ccc3c12. The molecule has 2 heteroatoms. The molecule has 232 valence electrons. The van der Waals surface area contributed by atoms with E-state index in [0.717, 1.165) is 93.6 Å². The first-order valence-corrected chi connectivity index (χ1v) is 16.5. The van der Waals surface area contributed by atoms with Crippen LogP contribution in [0.15, 0.2) is 150 Å². The molecule has 0 fully saturated rings. The summed E-state index contributed by atoms with van der Waals surface area (Å²) >= 11 is 0. The average molecular weight is 629 g/mol. The molecule has 2 aromatic heterocycles. The second-order valence-electron chi connectivity index (χ2n) is 12.6. The molecule has 0 N–H and O–H groups in total. The van der Waals surface area contributed by atoms with Gasteiger partial charge in [0.2, 0.25) is 0 Å². The number of furan rings is 2. The summed E-state index contributed by atoms with van der Waals surface area (Å²) in [6.45, 7) is 14.6. The fourth-order valence-electron chi connectivity index (χ4n) is 7.76. The van der Waals surface area contributed by atoms with Crippen LogP contribution in [-0.2, 0) is 0 Å². The maximum Gasteiger partial charge on any atom is 0.136 e. The monoisotopic (exact) mass is 628 g/mol. The quantitative estimate of drug-likeness (QED) is 0.171.